The lowest BCUT2D eigenvalue weighted by atomic mass is 9.66. The summed E-state index contributed by atoms with van der Waals surface area (Å²) in [6.07, 6.45) is 1.30. The maximum Gasteiger partial charge on any atom is 0.248 e. The first-order valence-corrected chi connectivity index (χ1v) is 12.0. The van der Waals surface area contributed by atoms with Crippen molar-refractivity contribution in [3.63, 3.8) is 0 Å². The fraction of sp³-hybridized carbons (Fsp3) is 0.609. The highest BCUT2D eigenvalue weighted by atomic mass is 32.2. The predicted molar refractivity (Wildman–Crippen MR) is 122 cm³/mol. The van der Waals surface area contributed by atoms with Gasteiger partial charge < -0.3 is 25.4 Å². The fourth-order valence-corrected chi connectivity index (χ4v) is 8.33. The summed E-state index contributed by atoms with van der Waals surface area (Å²) in [4.78, 5) is 41.9. The van der Waals surface area contributed by atoms with E-state index in [1.165, 1.54) is 0 Å². The number of rotatable bonds is 7. The molecule has 3 fully saturated rings. The molecule has 3 unspecified atom stereocenters. The Morgan fingerprint density at radius 2 is 2.00 bits per heavy atom. The molecule has 32 heavy (non-hydrogen) atoms. The predicted octanol–water partition coefficient (Wildman–Crippen LogP) is 1.49. The molecule has 9 heteroatoms. The third kappa shape index (κ3) is 3.20. The number of carbonyl (C=O) groups excluding carboxylic acids is 3. The SMILES string of the molecule is CC[C@@H](CO)N1C(=O)[C@@H]2[C@@H](C(=O)NC)[C@H]3CC(C)C2(S3)C1C(=O)Nc1ccc(OC)cc1. The lowest BCUT2D eigenvalue weighted by Crippen LogP contribution is -2.57. The quantitative estimate of drug-likeness (QED) is 0.568. The molecule has 3 heterocycles. The largest absolute Gasteiger partial charge is 0.497 e. The molecule has 1 spiro atoms. The van der Waals surface area contributed by atoms with Crippen molar-refractivity contribution in [2.24, 2.45) is 17.8 Å². The van der Waals surface area contributed by atoms with E-state index in [1.807, 2.05) is 6.92 Å². The number of fused-ring (bicyclic) bond motifs is 1. The molecule has 0 aromatic heterocycles. The number of aliphatic hydroxyl groups excluding tert-OH is 1. The summed E-state index contributed by atoms with van der Waals surface area (Å²) < 4.78 is 4.49. The van der Waals surface area contributed by atoms with Crippen molar-refractivity contribution in [1.29, 1.82) is 0 Å². The van der Waals surface area contributed by atoms with Crippen LogP contribution >= 0.6 is 11.8 Å². The van der Waals surface area contributed by atoms with Gasteiger partial charge in [-0.15, -0.1) is 11.8 Å². The van der Waals surface area contributed by atoms with E-state index in [2.05, 4.69) is 17.6 Å². The summed E-state index contributed by atoms with van der Waals surface area (Å²) in [6, 6.07) is 5.79. The Morgan fingerprint density at radius 1 is 1.31 bits per heavy atom. The van der Waals surface area contributed by atoms with Crippen LogP contribution in [0.25, 0.3) is 0 Å². The number of nitrogens with zero attached hydrogens (tertiary/aromatic N) is 1. The third-order valence-corrected chi connectivity index (χ3v) is 9.49. The van der Waals surface area contributed by atoms with Crippen LogP contribution in [0.3, 0.4) is 0 Å². The van der Waals surface area contributed by atoms with Crippen LogP contribution in [-0.2, 0) is 14.4 Å². The molecule has 4 rings (SSSR count). The van der Waals surface area contributed by atoms with Crippen LogP contribution in [0.1, 0.15) is 26.7 Å². The van der Waals surface area contributed by atoms with E-state index >= 15 is 0 Å². The van der Waals surface area contributed by atoms with Gasteiger partial charge in [0.05, 0.1) is 36.3 Å². The van der Waals surface area contributed by atoms with Crippen molar-refractivity contribution in [2.45, 2.75) is 48.8 Å². The van der Waals surface area contributed by atoms with Crippen LogP contribution in [0, 0.1) is 17.8 Å². The summed E-state index contributed by atoms with van der Waals surface area (Å²) >= 11 is 1.62. The number of carbonyl (C=O) groups is 3. The summed E-state index contributed by atoms with van der Waals surface area (Å²) in [7, 11) is 3.16. The molecule has 2 bridgehead atoms. The molecular weight excluding hydrogens is 430 g/mol. The molecule has 3 amide bonds. The van der Waals surface area contributed by atoms with Gasteiger partial charge in [-0.3, -0.25) is 14.4 Å². The van der Waals surface area contributed by atoms with Crippen molar-refractivity contribution in [2.75, 3.05) is 26.1 Å². The van der Waals surface area contributed by atoms with Gasteiger partial charge in [-0.05, 0) is 43.0 Å². The van der Waals surface area contributed by atoms with E-state index < -0.39 is 28.7 Å². The number of methoxy groups -OCH3 is 1. The Hall–Kier alpha value is -2.26. The lowest BCUT2D eigenvalue weighted by Gasteiger charge is -2.39. The van der Waals surface area contributed by atoms with E-state index in [9.17, 15) is 19.5 Å². The zero-order valence-corrected chi connectivity index (χ0v) is 19.6. The Labute approximate surface area is 192 Å². The minimum absolute atomic E-state index is 0.00606. The molecule has 3 saturated heterocycles. The first-order valence-electron chi connectivity index (χ1n) is 11.1. The number of hydrogen-bond donors (Lipinski definition) is 3. The lowest BCUT2D eigenvalue weighted by molar-refractivity contribution is -0.142. The molecule has 1 aromatic rings. The van der Waals surface area contributed by atoms with Crippen LogP contribution in [0.5, 0.6) is 5.75 Å². The summed E-state index contributed by atoms with van der Waals surface area (Å²) in [5.41, 5.74) is 0.605. The topological polar surface area (TPSA) is 108 Å². The van der Waals surface area contributed by atoms with E-state index in [-0.39, 0.29) is 35.5 Å². The smallest absolute Gasteiger partial charge is 0.248 e. The molecule has 0 radical (unpaired) electrons. The van der Waals surface area contributed by atoms with Gasteiger partial charge in [0.1, 0.15) is 11.8 Å². The first kappa shape index (κ1) is 22.9. The van der Waals surface area contributed by atoms with E-state index in [0.29, 0.717) is 17.9 Å². The Kier molecular flexibility index (Phi) is 6.15. The monoisotopic (exact) mass is 461 g/mol. The average molecular weight is 462 g/mol. The number of thioether (sulfide) groups is 1. The molecule has 174 valence electrons. The van der Waals surface area contributed by atoms with Gasteiger partial charge in [-0.25, -0.2) is 0 Å². The number of hydrogen-bond acceptors (Lipinski definition) is 6. The number of likely N-dealkylation sites (tertiary alicyclic amines) is 1. The molecule has 1 aromatic carbocycles. The molecule has 3 aliphatic heterocycles. The highest BCUT2D eigenvalue weighted by molar-refractivity contribution is 8.02. The highest BCUT2D eigenvalue weighted by Gasteiger charge is 2.76. The van der Waals surface area contributed by atoms with Crippen molar-refractivity contribution in [3.8, 4) is 5.75 Å². The van der Waals surface area contributed by atoms with Crippen LogP contribution in [0.4, 0.5) is 5.69 Å². The summed E-state index contributed by atoms with van der Waals surface area (Å²) in [5.74, 6) is -0.910. The molecule has 7 atom stereocenters. The molecule has 8 nitrogen and oxygen atoms in total. The van der Waals surface area contributed by atoms with Gasteiger partial charge in [-0.1, -0.05) is 13.8 Å². The summed E-state index contributed by atoms with van der Waals surface area (Å²) in [5, 5.41) is 15.7. The average Bonchev–Trinajstić information content (AvgIpc) is 3.39. The normalized spacial score (nSPS) is 33.7. The third-order valence-electron chi connectivity index (χ3n) is 7.41. The standard InChI is InChI=1S/C23H31N3O5S/c1-5-14(11-27)26-19(21(29)25-13-6-8-15(31-4)9-7-13)23-12(2)10-16(32-23)17(20(28)24-3)18(23)22(26)30/h6-9,12,14,16-19,27H,5,10-11H2,1-4H3,(H,24,28)(H,25,29)/t12?,14-,16+,17-,18-,19?,23?/m0/s1. The maximum atomic E-state index is 13.8. The van der Waals surface area contributed by atoms with Gasteiger partial charge in [0, 0.05) is 18.0 Å². The van der Waals surface area contributed by atoms with Gasteiger partial charge >= 0.3 is 0 Å². The van der Waals surface area contributed by atoms with Crippen LogP contribution in [-0.4, -0.2) is 70.6 Å². The summed E-state index contributed by atoms with van der Waals surface area (Å²) in [6.45, 7) is 3.73. The minimum atomic E-state index is -0.765. The minimum Gasteiger partial charge on any atom is -0.497 e. The molecule has 3 aliphatic rings. The van der Waals surface area contributed by atoms with Crippen LogP contribution < -0.4 is 15.4 Å². The number of aliphatic hydroxyl groups is 1. The second-order valence-corrected chi connectivity index (χ2v) is 10.4. The Bertz CT molecular complexity index is 905. The Morgan fingerprint density at radius 3 is 2.56 bits per heavy atom. The molecular formula is C23H31N3O5S. The van der Waals surface area contributed by atoms with Gasteiger partial charge in [0.25, 0.3) is 0 Å². The molecule has 3 N–H and O–H groups in total. The van der Waals surface area contributed by atoms with Gasteiger partial charge in [0.15, 0.2) is 0 Å². The number of ether oxygens (including phenoxy) is 1. The zero-order chi connectivity index (χ0) is 23.2. The molecule has 0 aliphatic carbocycles. The molecule has 0 saturated carbocycles. The van der Waals surface area contributed by atoms with Crippen LogP contribution in [0.15, 0.2) is 24.3 Å². The maximum absolute atomic E-state index is 13.8. The van der Waals surface area contributed by atoms with Gasteiger partial charge in [0.2, 0.25) is 17.7 Å². The number of benzene rings is 1. The fourth-order valence-electron chi connectivity index (χ4n) is 5.92. The second kappa shape index (κ2) is 8.59. The van der Waals surface area contributed by atoms with E-state index in [1.54, 1.807) is 55.1 Å². The van der Waals surface area contributed by atoms with Crippen molar-refractivity contribution in [3.05, 3.63) is 24.3 Å². The first-order chi connectivity index (χ1) is 15.3. The number of amides is 3. The van der Waals surface area contributed by atoms with Crippen LogP contribution in [0.2, 0.25) is 0 Å². The zero-order valence-electron chi connectivity index (χ0n) is 18.8. The second-order valence-electron chi connectivity index (χ2n) is 8.87. The number of anilines is 1. The Balaban J connectivity index is 1.75. The van der Waals surface area contributed by atoms with Gasteiger partial charge in [-0.2, -0.15) is 0 Å². The van der Waals surface area contributed by atoms with E-state index in [0.717, 1.165) is 6.42 Å². The highest BCUT2D eigenvalue weighted by Crippen LogP contribution is 2.68. The van der Waals surface area contributed by atoms with Crippen molar-refractivity contribution in [1.82, 2.24) is 10.2 Å². The number of nitrogens with one attached hydrogen (secondary N) is 2. The van der Waals surface area contributed by atoms with E-state index in [4.69, 9.17) is 4.74 Å². The van der Waals surface area contributed by atoms with Crippen molar-refractivity contribution < 1.29 is 24.2 Å². The van der Waals surface area contributed by atoms with Crippen molar-refractivity contribution >= 4 is 35.2 Å².